The molecule has 0 bridgehead atoms. The number of aromatic nitrogens is 2. The van der Waals surface area contributed by atoms with Crippen molar-refractivity contribution >= 4 is 17.5 Å². The van der Waals surface area contributed by atoms with E-state index in [4.69, 9.17) is 15.7 Å². The fraction of sp³-hybridized carbons (Fsp3) is 0.524. The molecule has 2 saturated heterocycles. The van der Waals surface area contributed by atoms with Gasteiger partial charge >= 0.3 is 0 Å². The van der Waals surface area contributed by atoms with Crippen molar-refractivity contribution in [3.05, 3.63) is 29.3 Å². The van der Waals surface area contributed by atoms with Crippen LogP contribution in [0.2, 0.25) is 0 Å². The van der Waals surface area contributed by atoms with Gasteiger partial charge in [-0.1, -0.05) is 6.07 Å². The number of nitrogen functional groups attached to an aromatic ring is 1. The third-order valence-electron chi connectivity index (χ3n) is 6.37. The average molecular weight is 364 g/mol. The SMILES string of the molecule is CNc1nc2c(c(N3C[C@H]4CCCN[C@H]4C3)n1)CCCc1ccc(N)cc1-2. The second-order valence-corrected chi connectivity index (χ2v) is 8.09. The van der Waals surface area contributed by atoms with E-state index in [-0.39, 0.29) is 0 Å². The van der Waals surface area contributed by atoms with Crippen molar-refractivity contribution in [2.24, 2.45) is 5.92 Å². The maximum atomic E-state index is 6.12. The number of hydrogen-bond acceptors (Lipinski definition) is 6. The van der Waals surface area contributed by atoms with Gasteiger partial charge in [0.15, 0.2) is 0 Å². The fourth-order valence-corrected chi connectivity index (χ4v) is 5.01. The van der Waals surface area contributed by atoms with E-state index >= 15 is 0 Å². The molecule has 1 aromatic heterocycles. The molecule has 6 heteroatoms. The lowest BCUT2D eigenvalue weighted by Crippen LogP contribution is -2.40. The van der Waals surface area contributed by atoms with Crippen LogP contribution < -0.4 is 21.3 Å². The monoisotopic (exact) mass is 364 g/mol. The van der Waals surface area contributed by atoms with Crippen molar-refractivity contribution in [3.8, 4) is 11.3 Å². The molecule has 0 unspecified atom stereocenters. The molecule has 27 heavy (non-hydrogen) atoms. The highest BCUT2D eigenvalue weighted by atomic mass is 15.3. The zero-order chi connectivity index (χ0) is 18.4. The summed E-state index contributed by atoms with van der Waals surface area (Å²) in [6.07, 6.45) is 5.80. The van der Waals surface area contributed by atoms with E-state index in [2.05, 4.69) is 27.7 Å². The Balaban J connectivity index is 1.62. The Bertz CT molecular complexity index is 850. The van der Waals surface area contributed by atoms with Crippen molar-refractivity contribution in [1.82, 2.24) is 15.3 Å². The molecule has 0 saturated carbocycles. The lowest BCUT2D eigenvalue weighted by molar-refractivity contribution is 0.340. The van der Waals surface area contributed by atoms with E-state index < -0.39 is 0 Å². The van der Waals surface area contributed by atoms with Gasteiger partial charge in [-0.2, -0.15) is 4.98 Å². The third kappa shape index (κ3) is 2.92. The summed E-state index contributed by atoms with van der Waals surface area (Å²) < 4.78 is 0. The van der Waals surface area contributed by atoms with Crippen LogP contribution in [0.3, 0.4) is 0 Å². The molecule has 2 fully saturated rings. The van der Waals surface area contributed by atoms with Crippen LogP contribution >= 0.6 is 0 Å². The van der Waals surface area contributed by atoms with E-state index in [1.165, 1.54) is 29.5 Å². The van der Waals surface area contributed by atoms with Crippen LogP contribution in [0.4, 0.5) is 17.5 Å². The van der Waals surface area contributed by atoms with Gasteiger partial charge in [0.1, 0.15) is 5.82 Å². The minimum absolute atomic E-state index is 0.594. The summed E-state index contributed by atoms with van der Waals surface area (Å²) in [6, 6.07) is 6.84. The molecule has 5 rings (SSSR count). The van der Waals surface area contributed by atoms with Gasteiger partial charge in [-0.3, -0.25) is 0 Å². The molecule has 0 radical (unpaired) electrons. The van der Waals surface area contributed by atoms with E-state index in [0.29, 0.717) is 12.0 Å². The predicted octanol–water partition coefficient (Wildman–Crippen LogP) is 2.44. The number of nitrogens with two attached hydrogens (primary N) is 1. The number of nitrogens with one attached hydrogen (secondary N) is 2. The molecule has 3 heterocycles. The highest BCUT2D eigenvalue weighted by molar-refractivity contribution is 5.76. The minimum atomic E-state index is 0.594. The molecule has 1 aliphatic carbocycles. The number of nitrogens with zero attached hydrogens (tertiary/aromatic N) is 3. The fourth-order valence-electron chi connectivity index (χ4n) is 5.01. The lowest BCUT2D eigenvalue weighted by atomic mass is 9.94. The number of anilines is 3. The van der Waals surface area contributed by atoms with Crippen molar-refractivity contribution in [1.29, 1.82) is 0 Å². The third-order valence-corrected chi connectivity index (χ3v) is 6.37. The van der Waals surface area contributed by atoms with E-state index in [9.17, 15) is 0 Å². The van der Waals surface area contributed by atoms with Crippen LogP contribution in [0.15, 0.2) is 18.2 Å². The predicted molar refractivity (Wildman–Crippen MR) is 110 cm³/mol. The Morgan fingerprint density at radius 3 is 2.96 bits per heavy atom. The van der Waals surface area contributed by atoms with Crippen molar-refractivity contribution in [3.63, 3.8) is 0 Å². The summed E-state index contributed by atoms with van der Waals surface area (Å²) in [5, 5.41) is 6.88. The number of aryl methyl sites for hydroxylation is 1. The molecule has 142 valence electrons. The normalized spacial score (nSPS) is 24.0. The summed E-state index contributed by atoms with van der Waals surface area (Å²) in [6.45, 7) is 3.28. The molecule has 4 N–H and O–H groups in total. The number of rotatable bonds is 2. The summed E-state index contributed by atoms with van der Waals surface area (Å²) in [5.74, 6) is 2.55. The Kier molecular flexibility index (Phi) is 4.16. The molecule has 3 aliphatic rings. The van der Waals surface area contributed by atoms with Crippen LogP contribution in [0, 0.1) is 5.92 Å². The smallest absolute Gasteiger partial charge is 0.224 e. The van der Waals surface area contributed by atoms with E-state index in [0.717, 1.165) is 62.0 Å². The molecule has 1 aromatic carbocycles. The molecule has 6 nitrogen and oxygen atoms in total. The minimum Gasteiger partial charge on any atom is -0.399 e. The zero-order valence-corrected chi connectivity index (χ0v) is 16.0. The van der Waals surface area contributed by atoms with Gasteiger partial charge in [0.25, 0.3) is 0 Å². The summed E-state index contributed by atoms with van der Waals surface area (Å²) in [7, 11) is 1.90. The first kappa shape index (κ1) is 16.8. The lowest BCUT2D eigenvalue weighted by Gasteiger charge is -2.24. The standard InChI is InChI=1S/C21H28N6/c1-23-21-25-19-16(6-2-4-13-7-8-15(22)10-17(13)19)20(26-21)27-11-14-5-3-9-24-18(14)12-27/h7-8,10,14,18,24H,2-6,9,11-12,22H2,1H3,(H,23,25,26)/t14-,18+/m1/s1. The van der Waals surface area contributed by atoms with Crippen molar-refractivity contribution in [2.45, 2.75) is 38.1 Å². The topological polar surface area (TPSA) is 79.1 Å². The number of piperidine rings is 1. The molecule has 0 spiro atoms. The number of fused-ring (bicyclic) bond motifs is 4. The van der Waals surface area contributed by atoms with Crippen LogP contribution in [0.25, 0.3) is 11.3 Å². The molecule has 0 amide bonds. The van der Waals surface area contributed by atoms with Crippen LogP contribution in [0.1, 0.15) is 30.4 Å². The van der Waals surface area contributed by atoms with Gasteiger partial charge in [-0.25, -0.2) is 4.98 Å². The van der Waals surface area contributed by atoms with E-state index in [1.807, 2.05) is 13.1 Å². The Hall–Kier alpha value is -2.34. The van der Waals surface area contributed by atoms with Crippen molar-refractivity contribution in [2.75, 3.05) is 42.6 Å². The Morgan fingerprint density at radius 1 is 1.19 bits per heavy atom. The van der Waals surface area contributed by atoms with E-state index in [1.54, 1.807) is 0 Å². The zero-order valence-electron chi connectivity index (χ0n) is 16.0. The number of benzene rings is 1. The maximum absolute atomic E-state index is 6.12. The first-order valence-electron chi connectivity index (χ1n) is 10.2. The quantitative estimate of drug-likeness (QED) is 0.711. The van der Waals surface area contributed by atoms with Crippen LogP contribution in [0.5, 0.6) is 0 Å². The Labute approximate surface area is 160 Å². The van der Waals surface area contributed by atoms with Gasteiger partial charge in [0.05, 0.1) is 5.69 Å². The second-order valence-electron chi connectivity index (χ2n) is 8.09. The molecular formula is C21H28N6. The highest BCUT2D eigenvalue weighted by Crippen LogP contribution is 2.39. The van der Waals surface area contributed by atoms with Gasteiger partial charge in [-0.05, 0) is 62.3 Å². The van der Waals surface area contributed by atoms with Gasteiger partial charge in [-0.15, -0.1) is 0 Å². The molecule has 2 aliphatic heterocycles. The summed E-state index contributed by atoms with van der Waals surface area (Å²) in [4.78, 5) is 12.3. The van der Waals surface area contributed by atoms with Crippen LogP contribution in [-0.4, -0.2) is 42.7 Å². The Morgan fingerprint density at radius 2 is 2.11 bits per heavy atom. The van der Waals surface area contributed by atoms with Crippen LogP contribution in [-0.2, 0) is 12.8 Å². The first-order chi connectivity index (χ1) is 13.2. The van der Waals surface area contributed by atoms with Gasteiger partial charge in [0.2, 0.25) is 5.95 Å². The highest BCUT2D eigenvalue weighted by Gasteiger charge is 2.36. The molecular weight excluding hydrogens is 336 g/mol. The average Bonchev–Trinajstić information content (AvgIpc) is 3.04. The first-order valence-corrected chi connectivity index (χ1v) is 10.2. The summed E-state index contributed by atoms with van der Waals surface area (Å²) in [5.41, 5.74) is 11.8. The summed E-state index contributed by atoms with van der Waals surface area (Å²) >= 11 is 0. The largest absolute Gasteiger partial charge is 0.399 e. The second kappa shape index (κ2) is 6.68. The maximum Gasteiger partial charge on any atom is 0.224 e. The van der Waals surface area contributed by atoms with Gasteiger partial charge in [0, 0.05) is 43.0 Å². The van der Waals surface area contributed by atoms with Gasteiger partial charge < -0.3 is 21.3 Å². The molecule has 2 aromatic rings. The molecule has 2 atom stereocenters. The van der Waals surface area contributed by atoms with Crippen molar-refractivity contribution < 1.29 is 0 Å². The number of hydrogen-bond donors (Lipinski definition) is 3.